The highest BCUT2D eigenvalue weighted by molar-refractivity contribution is 7.20. The van der Waals surface area contributed by atoms with Gasteiger partial charge in [0, 0.05) is 0 Å². The van der Waals surface area contributed by atoms with Crippen molar-refractivity contribution in [3.8, 4) is 5.75 Å². The first kappa shape index (κ1) is 34.9. The Balaban J connectivity index is 0.00000130. The second-order valence-electron chi connectivity index (χ2n) is 8.99. The van der Waals surface area contributed by atoms with E-state index in [0.717, 1.165) is 6.54 Å². The van der Waals surface area contributed by atoms with Gasteiger partial charge in [0.2, 0.25) is 0 Å². The first-order valence-corrected chi connectivity index (χ1v) is 11.9. The van der Waals surface area contributed by atoms with E-state index >= 15 is 26.3 Å². The number of hydrogen-bond donors (Lipinski definition) is 2. The highest BCUT2D eigenvalue weighted by Gasteiger charge is 2.48. The first-order chi connectivity index (χ1) is 20.9. The molecule has 0 bridgehead atoms. The van der Waals surface area contributed by atoms with Crippen LogP contribution in [0.3, 0.4) is 0 Å². The number of aromatic hydroxyl groups is 1. The van der Waals surface area contributed by atoms with Gasteiger partial charge in [0.15, 0.2) is 52.4 Å². The van der Waals surface area contributed by atoms with Crippen LogP contribution in [0.25, 0.3) is 0 Å². The molecule has 0 amide bonds. The van der Waals surface area contributed by atoms with Gasteiger partial charge >= 0.3 is 0 Å². The summed E-state index contributed by atoms with van der Waals surface area (Å²) in [6.07, 6.45) is -4.08. The van der Waals surface area contributed by atoms with E-state index in [-0.39, 0.29) is 12.1 Å². The predicted molar refractivity (Wildman–Crippen MR) is 129 cm³/mol. The lowest BCUT2D eigenvalue weighted by atomic mass is 9.12. The lowest BCUT2D eigenvalue weighted by Gasteiger charge is -2.44. The first-order valence-electron chi connectivity index (χ1n) is 11.9. The largest absolute Gasteiger partial charge is 0.508 e. The summed E-state index contributed by atoms with van der Waals surface area (Å²) in [6, 6.07) is 1.11. The molecule has 4 rings (SSSR count). The van der Waals surface area contributed by atoms with Gasteiger partial charge in [-0.15, -0.1) is 16.4 Å². The molecule has 0 aliphatic carbocycles. The fourth-order valence-corrected chi connectivity index (χ4v) is 4.70. The third-order valence-electron chi connectivity index (χ3n) is 6.63. The molecule has 0 radical (unpaired) electrons. The molecule has 18 heteroatoms. The summed E-state index contributed by atoms with van der Waals surface area (Å²) >= 11 is 0. The molecule has 0 unspecified atom stereocenters. The Morgan fingerprint density at radius 3 is 0.867 bits per heavy atom. The van der Waals surface area contributed by atoms with Crippen molar-refractivity contribution >= 4 is 28.0 Å². The van der Waals surface area contributed by atoms with E-state index in [9.17, 15) is 44.6 Å². The number of hydrogen-bond acceptors (Lipinski definition) is 1. The van der Waals surface area contributed by atoms with Crippen LogP contribution in [-0.2, 0) is 0 Å². The Kier molecular flexibility index (Phi) is 9.91. The summed E-state index contributed by atoms with van der Waals surface area (Å²) in [5.74, 6) is -47.1. The van der Waals surface area contributed by atoms with Gasteiger partial charge in [0.25, 0.3) is 0 Å². The summed E-state index contributed by atoms with van der Waals surface area (Å²) in [6.45, 7) is 4.25. The zero-order valence-electron chi connectivity index (χ0n) is 21.7. The minimum atomic E-state index is -5.84. The summed E-state index contributed by atoms with van der Waals surface area (Å²) in [4.78, 5) is 0. The normalized spacial score (nSPS) is 11.4. The highest BCUT2D eigenvalue weighted by atomic mass is 19.2. The highest BCUT2D eigenvalue weighted by Crippen LogP contribution is 2.28. The van der Waals surface area contributed by atoms with Crippen LogP contribution in [0, 0.1) is 87.3 Å². The lowest BCUT2D eigenvalue weighted by Crippen LogP contribution is -2.79. The number of benzene rings is 4. The molecule has 0 fully saturated rings. The second kappa shape index (κ2) is 12.8. The predicted octanol–water partition coefficient (Wildman–Crippen LogP) is 4.27. The van der Waals surface area contributed by atoms with E-state index < -0.39 is 121 Å². The molecule has 0 saturated heterocycles. The summed E-state index contributed by atoms with van der Waals surface area (Å²) < 4.78 is 220. The van der Waals surface area contributed by atoms with E-state index in [1.807, 2.05) is 0 Å². The van der Waals surface area contributed by atoms with Crippen molar-refractivity contribution in [3.63, 3.8) is 0 Å². The van der Waals surface area contributed by atoms with Crippen LogP contribution in [0.4, 0.5) is 65.9 Å². The maximum Gasteiger partial charge on any atom is 0.200 e. The average molecular weight is 663 g/mol. The summed E-state index contributed by atoms with van der Waals surface area (Å²) in [5.41, 5.74) is -6.31. The number of rotatable bonds is 5. The number of quaternary nitrogens is 1. The molecule has 0 spiro atoms. The molecule has 0 aliphatic heterocycles. The molecular weight excluding hydrogens is 650 g/mol. The Morgan fingerprint density at radius 1 is 0.467 bits per heavy atom. The molecule has 0 aromatic heterocycles. The fourth-order valence-electron chi connectivity index (χ4n) is 4.70. The molecule has 45 heavy (non-hydrogen) atoms. The van der Waals surface area contributed by atoms with Crippen molar-refractivity contribution in [1.29, 1.82) is 0 Å². The Bertz CT molecular complexity index is 1570. The number of phenolic OH excluding ortho intramolecular Hbond substituents is 1. The molecule has 2 nitrogen and oxygen atoms in total. The van der Waals surface area contributed by atoms with Crippen molar-refractivity contribution < 1.29 is 76.7 Å². The summed E-state index contributed by atoms with van der Waals surface area (Å²) in [5, 5.41) is 9.59. The van der Waals surface area contributed by atoms with Crippen LogP contribution in [0.1, 0.15) is 0 Å². The standard InChI is InChI=1S/C24H5BF15O.C3H7N/c26-10-7(11(27)17(33)22(38)16(10)32)25(5-1-3-6(41)4-2-5,8-12(28)18(34)23(39)19(35)13(8)29)9-14(30)20(36)24(40)21(37)15(9)31;1-2-3-4/h1-4,41H;2H,1,3-4H2/q-1;/p+1. The minimum Gasteiger partial charge on any atom is -0.508 e. The SMILES string of the molecule is C=CC[NH3+].Oc1ccc([B-](c2c(F)c(F)c(F)c(F)c2F)(c2c(F)c(F)c(F)c(F)c2F)c2c(F)c(F)c(F)c(F)c2F)cc1. The fraction of sp³-hybridized carbons (Fsp3) is 0.0370. The average Bonchev–Trinajstić information content (AvgIpc) is 3.03. The van der Waals surface area contributed by atoms with Crippen LogP contribution >= 0.6 is 0 Å². The van der Waals surface area contributed by atoms with E-state index in [1.165, 1.54) is 0 Å². The van der Waals surface area contributed by atoms with Gasteiger partial charge in [-0.05, 0) is 18.2 Å². The van der Waals surface area contributed by atoms with Crippen LogP contribution in [0.15, 0.2) is 36.9 Å². The van der Waals surface area contributed by atoms with Gasteiger partial charge in [0.05, 0.1) is 6.54 Å². The monoisotopic (exact) mass is 663 g/mol. The Labute approximate surface area is 241 Å². The van der Waals surface area contributed by atoms with Gasteiger partial charge in [0.1, 0.15) is 46.8 Å². The van der Waals surface area contributed by atoms with Gasteiger partial charge in [-0.25, -0.2) is 65.9 Å². The maximum atomic E-state index is 15.4. The van der Waals surface area contributed by atoms with Gasteiger partial charge in [-0.2, -0.15) is 5.46 Å². The van der Waals surface area contributed by atoms with Crippen LogP contribution in [0.5, 0.6) is 5.75 Å². The molecular formula is C27H13BF15NO. The molecule has 0 saturated carbocycles. The van der Waals surface area contributed by atoms with Crippen molar-refractivity contribution in [3.05, 3.63) is 124 Å². The zero-order valence-corrected chi connectivity index (χ0v) is 21.7. The molecule has 0 heterocycles. The van der Waals surface area contributed by atoms with Gasteiger partial charge in [-0.3, -0.25) is 0 Å². The summed E-state index contributed by atoms with van der Waals surface area (Å²) in [7, 11) is 0. The van der Waals surface area contributed by atoms with Crippen molar-refractivity contribution in [1.82, 2.24) is 0 Å². The topological polar surface area (TPSA) is 47.9 Å². The molecule has 4 aromatic carbocycles. The van der Waals surface area contributed by atoms with Gasteiger partial charge in [-0.1, -0.05) is 18.7 Å². The third kappa shape index (κ3) is 5.25. The molecule has 4 aromatic rings. The van der Waals surface area contributed by atoms with E-state index in [0.29, 0.717) is 12.1 Å². The van der Waals surface area contributed by atoms with Crippen molar-refractivity contribution in [2.24, 2.45) is 0 Å². The second-order valence-corrected chi connectivity index (χ2v) is 8.99. The van der Waals surface area contributed by atoms with Crippen LogP contribution < -0.4 is 27.6 Å². The Morgan fingerprint density at radius 2 is 0.667 bits per heavy atom. The van der Waals surface area contributed by atoms with Crippen LogP contribution in [-0.4, -0.2) is 17.8 Å². The van der Waals surface area contributed by atoms with Crippen molar-refractivity contribution in [2.45, 2.75) is 0 Å². The zero-order chi connectivity index (χ0) is 34.3. The quantitative estimate of drug-likeness (QED) is 0.108. The lowest BCUT2D eigenvalue weighted by molar-refractivity contribution is -0.352. The molecule has 4 N–H and O–H groups in total. The van der Waals surface area contributed by atoms with Gasteiger partial charge < -0.3 is 10.8 Å². The van der Waals surface area contributed by atoms with E-state index in [4.69, 9.17) is 0 Å². The maximum absolute atomic E-state index is 15.4. The van der Waals surface area contributed by atoms with E-state index in [1.54, 1.807) is 6.08 Å². The smallest absolute Gasteiger partial charge is 0.200 e. The number of halogens is 15. The molecule has 0 atom stereocenters. The molecule has 240 valence electrons. The third-order valence-corrected chi connectivity index (χ3v) is 6.63. The van der Waals surface area contributed by atoms with Crippen LogP contribution in [0.2, 0.25) is 0 Å². The van der Waals surface area contributed by atoms with Crippen molar-refractivity contribution in [2.75, 3.05) is 6.54 Å². The molecule has 0 aliphatic rings. The minimum absolute atomic E-state index is 0.184. The number of phenols is 1. The Hall–Kier alpha value is -4.61. The van der Waals surface area contributed by atoms with E-state index in [2.05, 4.69) is 12.3 Å².